The van der Waals surface area contributed by atoms with Gasteiger partial charge in [0.25, 0.3) is 0 Å². The van der Waals surface area contributed by atoms with E-state index in [1.807, 2.05) is 24.3 Å². The van der Waals surface area contributed by atoms with E-state index in [-0.39, 0.29) is 5.97 Å². The van der Waals surface area contributed by atoms with Gasteiger partial charge in [-0.25, -0.2) is 4.79 Å². The summed E-state index contributed by atoms with van der Waals surface area (Å²) in [4.78, 5) is 13.8. The Kier molecular flexibility index (Phi) is 5.15. The number of carbonyl (C=O) groups excluding carboxylic acids is 1. The highest BCUT2D eigenvalue weighted by molar-refractivity contribution is 5.89. The zero-order chi connectivity index (χ0) is 14.5. The van der Waals surface area contributed by atoms with Crippen LogP contribution in [0.25, 0.3) is 0 Å². The number of hydrogen-bond donors (Lipinski definition) is 1. The van der Waals surface area contributed by atoms with Crippen molar-refractivity contribution < 1.29 is 9.53 Å². The van der Waals surface area contributed by atoms with Crippen LogP contribution in [0, 0.1) is 5.92 Å². The number of nitrogens with two attached hydrogens (primary N) is 1. The minimum atomic E-state index is -0.288. The Bertz CT molecular complexity index is 444. The van der Waals surface area contributed by atoms with Crippen LogP contribution in [0.4, 0.5) is 0 Å². The highest BCUT2D eigenvalue weighted by Gasteiger charge is 2.29. The molecule has 0 bridgehead atoms. The molecule has 0 radical (unpaired) electrons. The number of esters is 1. The minimum absolute atomic E-state index is 0.288. The summed E-state index contributed by atoms with van der Waals surface area (Å²) in [6.07, 6.45) is 3.75. The first-order valence-electron chi connectivity index (χ1n) is 7.23. The topological polar surface area (TPSA) is 55.6 Å². The summed E-state index contributed by atoms with van der Waals surface area (Å²) >= 11 is 0. The van der Waals surface area contributed by atoms with Crippen molar-refractivity contribution in [3.8, 4) is 0 Å². The fourth-order valence-corrected chi connectivity index (χ4v) is 3.14. The fourth-order valence-electron chi connectivity index (χ4n) is 3.14. The molecular weight excluding hydrogens is 252 g/mol. The monoisotopic (exact) mass is 276 g/mol. The van der Waals surface area contributed by atoms with Gasteiger partial charge >= 0.3 is 5.97 Å². The molecular formula is C16H24N2O2. The largest absolute Gasteiger partial charge is 0.465 e. The third-order valence-corrected chi connectivity index (χ3v) is 4.29. The first-order valence-corrected chi connectivity index (χ1v) is 7.23. The zero-order valence-electron chi connectivity index (χ0n) is 12.3. The Morgan fingerprint density at radius 2 is 2.05 bits per heavy atom. The van der Waals surface area contributed by atoms with Crippen molar-refractivity contribution >= 4 is 5.97 Å². The van der Waals surface area contributed by atoms with Gasteiger partial charge in [0.1, 0.15) is 0 Å². The molecule has 2 atom stereocenters. The molecule has 1 aromatic carbocycles. The van der Waals surface area contributed by atoms with Gasteiger partial charge in [0.15, 0.2) is 0 Å². The van der Waals surface area contributed by atoms with Crippen LogP contribution in [0.1, 0.15) is 35.2 Å². The van der Waals surface area contributed by atoms with Gasteiger partial charge in [-0.3, -0.25) is 4.90 Å². The maximum Gasteiger partial charge on any atom is 0.337 e. The van der Waals surface area contributed by atoms with Gasteiger partial charge in [-0.15, -0.1) is 0 Å². The maximum absolute atomic E-state index is 11.4. The summed E-state index contributed by atoms with van der Waals surface area (Å²) in [5.74, 6) is 0.332. The van der Waals surface area contributed by atoms with Crippen molar-refractivity contribution in [1.29, 1.82) is 0 Å². The second-order valence-corrected chi connectivity index (χ2v) is 5.60. The van der Waals surface area contributed by atoms with Crippen molar-refractivity contribution in [2.45, 2.75) is 31.8 Å². The van der Waals surface area contributed by atoms with Crippen LogP contribution in [-0.2, 0) is 11.3 Å². The van der Waals surface area contributed by atoms with Crippen molar-refractivity contribution in [3.63, 3.8) is 0 Å². The summed E-state index contributed by atoms with van der Waals surface area (Å²) in [6, 6.07) is 8.22. The average molecular weight is 276 g/mol. The molecule has 1 aliphatic carbocycles. The minimum Gasteiger partial charge on any atom is -0.465 e. The molecule has 0 saturated heterocycles. The number of carbonyl (C=O) groups is 1. The van der Waals surface area contributed by atoms with Crippen LogP contribution in [0.15, 0.2) is 24.3 Å². The SMILES string of the molecule is COC(=O)c1ccc(CN(C)C2CCCC2CN)cc1. The Labute approximate surface area is 120 Å². The molecule has 0 aliphatic heterocycles. The molecule has 0 aromatic heterocycles. The lowest BCUT2D eigenvalue weighted by Gasteiger charge is -2.29. The molecule has 1 aliphatic rings. The number of ether oxygens (including phenoxy) is 1. The number of benzene rings is 1. The van der Waals surface area contributed by atoms with Crippen molar-refractivity contribution in [2.75, 3.05) is 20.7 Å². The lowest BCUT2D eigenvalue weighted by Crippen LogP contribution is -2.37. The summed E-state index contributed by atoms with van der Waals surface area (Å²) in [6.45, 7) is 1.67. The third-order valence-electron chi connectivity index (χ3n) is 4.29. The second-order valence-electron chi connectivity index (χ2n) is 5.60. The van der Waals surface area contributed by atoms with Crippen LogP contribution < -0.4 is 5.73 Å². The quantitative estimate of drug-likeness (QED) is 0.836. The lowest BCUT2D eigenvalue weighted by atomic mass is 10.0. The molecule has 20 heavy (non-hydrogen) atoms. The maximum atomic E-state index is 11.4. The van der Waals surface area contributed by atoms with E-state index >= 15 is 0 Å². The first kappa shape index (κ1) is 15.0. The highest BCUT2D eigenvalue weighted by Crippen LogP contribution is 2.29. The van der Waals surface area contributed by atoms with E-state index in [2.05, 4.69) is 11.9 Å². The van der Waals surface area contributed by atoms with Crippen molar-refractivity contribution in [1.82, 2.24) is 4.90 Å². The molecule has 2 rings (SSSR count). The van der Waals surface area contributed by atoms with Crippen LogP contribution in [0.2, 0.25) is 0 Å². The van der Waals surface area contributed by atoms with Crippen LogP contribution in [0.3, 0.4) is 0 Å². The van der Waals surface area contributed by atoms with Gasteiger partial charge in [0.05, 0.1) is 12.7 Å². The van der Waals surface area contributed by atoms with Crippen LogP contribution in [-0.4, -0.2) is 37.6 Å². The molecule has 2 unspecified atom stereocenters. The fraction of sp³-hybridized carbons (Fsp3) is 0.562. The number of nitrogens with zero attached hydrogens (tertiary/aromatic N) is 1. The van der Waals surface area contributed by atoms with E-state index < -0.39 is 0 Å². The van der Waals surface area contributed by atoms with E-state index in [1.165, 1.54) is 31.9 Å². The Morgan fingerprint density at radius 1 is 1.35 bits per heavy atom. The van der Waals surface area contributed by atoms with Crippen LogP contribution >= 0.6 is 0 Å². The van der Waals surface area contributed by atoms with E-state index in [0.717, 1.165) is 13.1 Å². The molecule has 4 nitrogen and oxygen atoms in total. The molecule has 0 heterocycles. The molecule has 2 N–H and O–H groups in total. The van der Waals surface area contributed by atoms with E-state index in [1.54, 1.807) is 0 Å². The van der Waals surface area contributed by atoms with Gasteiger partial charge in [-0.2, -0.15) is 0 Å². The third kappa shape index (κ3) is 3.38. The van der Waals surface area contributed by atoms with Gasteiger partial charge in [0.2, 0.25) is 0 Å². The lowest BCUT2D eigenvalue weighted by molar-refractivity contribution is 0.0600. The summed E-state index contributed by atoms with van der Waals surface area (Å²) in [5.41, 5.74) is 7.65. The average Bonchev–Trinajstić information content (AvgIpc) is 2.95. The van der Waals surface area contributed by atoms with Crippen LogP contribution in [0.5, 0.6) is 0 Å². The Balaban J connectivity index is 1.97. The molecule has 1 saturated carbocycles. The predicted molar refractivity (Wildman–Crippen MR) is 79.4 cm³/mol. The molecule has 110 valence electrons. The Morgan fingerprint density at radius 3 is 2.65 bits per heavy atom. The van der Waals surface area contributed by atoms with Gasteiger partial charge in [0, 0.05) is 12.6 Å². The first-order chi connectivity index (χ1) is 9.65. The predicted octanol–water partition coefficient (Wildman–Crippen LogP) is 2.03. The van der Waals surface area contributed by atoms with Crippen molar-refractivity contribution in [3.05, 3.63) is 35.4 Å². The van der Waals surface area contributed by atoms with Gasteiger partial charge in [-0.05, 0) is 50.0 Å². The smallest absolute Gasteiger partial charge is 0.337 e. The van der Waals surface area contributed by atoms with Gasteiger partial charge < -0.3 is 10.5 Å². The number of methoxy groups -OCH3 is 1. The standard InChI is InChI=1S/C16H24N2O2/c1-18(15-5-3-4-14(15)10-17)11-12-6-8-13(9-7-12)16(19)20-2/h6-9,14-15H,3-5,10-11,17H2,1-2H3. The van der Waals surface area contributed by atoms with Crippen molar-refractivity contribution in [2.24, 2.45) is 11.7 Å². The van der Waals surface area contributed by atoms with E-state index in [0.29, 0.717) is 17.5 Å². The normalized spacial score (nSPS) is 22.2. The number of rotatable bonds is 5. The molecule has 0 amide bonds. The summed E-state index contributed by atoms with van der Waals surface area (Å²) in [5, 5.41) is 0. The highest BCUT2D eigenvalue weighted by atomic mass is 16.5. The Hall–Kier alpha value is -1.39. The number of hydrogen-bond acceptors (Lipinski definition) is 4. The summed E-state index contributed by atoms with van der Waals surface area (Å²) < 4.78 is 4.70. The van der Waals surface area contributed by atoms with E-state index in [9.17, 15) is 4.79 Å². The second kappa shape index (κ2) is 6.86. The molecule has 1 aromatic rings. The molecule has 1 fully saturated rings. The molecule has 4 heteroatoms. The van der Waals surface area contributed by atoms with E-state index in [4.69, 9.17) is 10.5 Å². The zero-order valence-corrected chi connectivity index (χ0v) is 12.3. The molecule has 0 spiro atoms. The van der Waals surface area contributed by atoms with Gasteiger partial charge in [-0.1, -0.05) is 18.6 Å². The summed E-state index contributed by atoms with van der Waals surface area (Å²) in [7, 11) is 3.56.